The molecule has 0 aliphatic carbocycles. The summed E-state index contributed by atoms with van der Waals surface area (Å²) in [5, 5.41) is 2.67. The van der Waals surface area contributed by atoms with E-state index in [1.807, 2.05) is 21.6 Å². The summed E-state index contributed by atoms with van der Waals surface area (Å²) >= 11 is 4.74. The molecule has 0 heterocycles. The highest BCUT2D eigenvalue weighted by Gasteiger charge is 2.05. The Kier molecular flexibility index (Phi) is 5.17. The van der Waals surface area contributed by atoms with Crippen LogP contribution in [0.4, 0.5) is 0 Å². The molecule has 0 aromatic heterocycles. The Hall–Kier alpha value is 0.0800. The van der Waals surface area contributed by atoms with Gasteiger partial charge in [0.25, 0.3) is 0 Å². The fraction of sp³-hybridized carbons (Fsp3) is 0. The van der Waals surface area contributed by atoms with E-state index in [0.29, 0.717) is 0 Å². The predicted octanol–water partition coefficient (Wildman–Crippen LogP) is 6.85. The number of benzene rings is 3. The van der Waals surface area contributed by atoms with Crippen molar-refractivity contribution in [3.05, 3.63) is 67.8 Å². The summed E-state index contributed by atoms with van der Waals surface area (Å²) in [6.07, 6.45) is 0. The van der Waals surface area contributed by atoms with E-state index in [1.165, 1.54) is 27.7 Å². The van der Waals surface area contributed by atoms with Gasteiger partial charge in [0.1, 0.15) is 0 Å². The second-order valence-electron chi connectivity index (χ2n) is 4.21. The van der Waals surface area contributed by atoms with Gasteiger partial charge in [-0.05, 0) is 92.4 Å². The first-order valence-electron chi connectivity index (χ1n) is 6.01. The third-order valence-electron chi connectivity index (χ3n) is 2.87. The number of halogens is 2. The molecule has 4 heteroatoms. The zero-order valence-corrected chi connectivity index (χ0v) is 16.3. The molecule has 0 nitrogen and oxygen atoms in total. The van der Waals surface area contributed by atoms with Crippen molar-refractivity contribution in [2.24, 2.45) is 0 Å². The van der Waals surface area contributed by atoms with Gasteiger partial charge in [-0.25, -0.2) is 0 Å². The van der Waals surface area contributed by atoms with E-state index in [-0.39, 0.29) is 0 Å². The molecule has 100 valence electrons. The van der Waals surface area contributed by atoms with Gasteiger partial charge in [-0.15, -0.1) is 0 Å². The van der Waals surface area contributed by atoms with Gasteiger partial charge < -0.3 is 0 Å². The lowest BCUT2D eigenvalue weighted by molar-refractivity contribution is 1.45. The van der Waals surface area contributed by atoms with Crippen LogP contribution in [0.5, 0.6) is 0 Å². The average molecular weight is 520 g/mol. The van der Waals surface area contributed by atoms with Crippen LogP contribution in [-0.4, -0.2) is 0 Å². The zero-order valence-electron chi connectivity index (χ0n) is 10.3. The van der Waals surface area contributed by atoms with E-state index in [0.717, 1.165) is 0 Å². The molecule has 0 atom stereocenters. The average Bonchev–Trinajstić information content (AvgIpc) is 2.47. The van der Waals surface area contributed by atoms with Crippen LogP contribution < -0.4 is 0 Å². The molecule has 0 aliphatic heterocycles. The maximum absolute atomic E-state index is 2.40. The van der Waals surface area contributed by atoms with Crippen molar-refractivity contribution in [2.45, 2.75) is 9.79 Å². The minimum atomic E-state index is 1.27. The highest BCUT2D eigenvalue weighted by atomic mass is 127. The monoisotopic (exact) mass is 520 g/mol. The Morgan fingerprint density at radius 2 is 1.35 bits per heavy atom. The molecular formula is C16H10I2S2. The summed E-state index contributed by atoms with van der Waals surface area (Å²) in [5.74, 6) is 0. The van der Waals surface area contributed by atoms with Crippen molar-refractivity contribution in [3.63, 3.8) is 0 Å². The summed E-state index contributed by atoms with van der Waals surface area (Å²) < 4.78 is 2.58. The molecule has 20 heavy (non-hydrogen) atoms. The molecule has 3 rings (SSSR count). The topological polar surface area (TPSA) is 0 Å². The molecule has 0 aliphatic rings. The minimum absolute atomic E-state index is 1.27. The maximum atomic E-state index is 2.40. The summed E-state index contributed by atoms with van der Waals surface area (Å²) in [7, 11) is 3.64. The van der Waals surface area contributed by atoms with Crippen molar-refractivity contribution in [2.75, 3.05) is 0 Å². The van der Waals surface area contributed by atoms with Gasteiger partial charge >= 0.3 is 0 Å². The fourth-order valence-electron chi connectivity index (χ4n) is 1.90. The molecule has 0 amide bonds. The molecule has 0 spiro atoms. The van der Waals surface area contributed by atoms with Crippen molar-refractivity contribution in [3.8, 4) is 0 Å². The van der Waals surface area contributed by atoms with Crippen LogP contribution >= 0.6 is 66.8 Å². The SMILES string of the molecule is Ic1ccc(SSc2cccc3c(I)cccc23)cc1. The molecular weight excluding hydrogens is 510 g/mol. The molecule has 0 radical (unpaired) electrons. The van der Waals surface area contributed by atoms with E-state index < -0.39 is 0 Å². The first-order valence-corrected chi connectivity index (χ1v) is 10.3. The highest BCUT2D eigenvalue weighted by molar-refractivity contribution is 14.1. The Balaban J connectivity index is 1.88. The van der Waals surface area contributed by atoms with Crippen LogP contribution in [0.15, 0.2) is 70.5 Å². The summed E-state index contributed by atoms with van der Waals surface area (Å²) in [6, 6.07) is 21.7. The van der Waals surface area contributed by atoms with Crippen LogP contribution in [0.2, 0.25) is 0 Å². The second kappa shape index (κ2) is 6.89. The Bertz CT molecular complexity index is 739. The molecule has 3 aromatic rings. The van der Waals surface area contributed by atoms with Gasteiger partial charge in [0, 0.05) is 16.9 Å². The van der Waals surface area contributed by atoms with Crippen molar-refractivity contribution in [1.29, 1.82) is 0 Å². The first-order chi connectivity index (χ1) is 9.74. The molecule has 0 fully saturated rings. The van der Waals surface area contributed by atoms with Crippen molar-refractivity contribution >= 4 is 77.5 Å². The lowest BCUT2D eigenvalue weighted by Crippen LogP contribution is -1.79. The quantitative estimate of drug-likeness (QED) is 0.274. The van der Waals surface area contributed by atoms with Crippen LogP contribution in [0.1, 0.15) is 0 Å². The van der Waals surface area contributed by atoms with Gasteiger partial charge in [-0.1, -0.05) is 45.9 Å². The third-order valence-corrected chi connectivity index (χ3v) is 6.98. The Labute approximate surface area is 153 Å². The van der Waals surface area contributed by atoms with Gasteiger partial charge in [0.05, 0.1) is 0 Å². The van der Waals surface area contributed by atoms with E-state index in [9.17, 15) is 0 Å². The summed E-state index contributed by atoms with van der Waals surface area (Å²) in [6.45, 7) is 0. The van der Waals surface area contributed by atoms with Crippen LogP contribution in [0.25, 0.3) is 10.8 Å². The maximum Gasteiger partial charge on any atom is 0.0265 e. The number of hydrogen-bond acceptors (Lipinski definition) is 2. The van der Waals surface area contributed by atoms with Crippen LogP contribution in [0.3, 0.4) is 0 Å². The van der Waals surface area contributed by atoms with Crippen LogP contribution in [0, 0.1) is 7.14 Å². The Morgan fingerprint density at radius 1 is 0.650 bits per heavy atom. The van der Waals surface area contributed by atoms with Gasteiger partial charge in [-0.2, -0.15) is 0 Å². The second-order valence-corrected chi connectivity index (χ2v) is 8.86. The molecule has 0 N–H and O–H groups in total. The molecule has 3 aromatic carbocycles. The first kappa shape index (κ1) is 15.0. The summed E-state index contributed by atoms with van der Waals surface area (Å²) in [4.78, 5) is 2.61. The largest absolute Gasteiger partial charge is 0.0605 e. The van der Waals surface area contributed by atoms with E-state index in [1.54, 1.807) is 0 Å². The van der Waals surface area contributed by atoms with Crippen LogP contribution in [-0.2, 0) is 0 Å². The molecule has 0 bridgehead atoms. The normalized spacial score (nSPS) is 10.9. The van der Waals surface area contributed by atoms with Gasteiger partial charge in [0.15, 0.2) is 0 Å². The van der Waals surface area contributed by atoms with Crippen molar-refractivity contribution in [1.82, 2.24) is 0 Å². The highest BCUT2D eigenvalue weighted by Crippen LogP contribution is 2.41. The smallest absolute Gasteiger partial charge is 0.0265 e. The number of fused-ring (bicyclic) bond motifs is 1. The number of hydrogen-bond donors (Lipinski definition) is 0. The Morgan fingerprint density at radius 3 is 2.15 bits per heavy atom. The third kappa shape index (κ3) is 3.45. The lowest BCUT2D eigenvalue weighted by atomic mass is 10.1. The molecule has 0 saturated heterocycles. The summed E-state index contributed by atoms with van der Waals surface area (Å²) in [5.41, 5.74) is 0. The van der Waals surface area contributed by atoms with E-state index in [4.69, 9.17) is 0 Å². The predicted molar refractivity (Wildman–Crippen MR) is 108 cm³/mol. The fourth-order valence-corrected chi connectivity index (χ4v) is 5.10. The van der Waals surface area contributed by atoms with E-state index in [2.05, 4.69) is 106 Å². The standard InChI is InChI=1S/C16H10I2S2/c17-11-7-9-12(10-8-11)19-20-16-6-2-3-13-14(16)4-1-5-15(13)18/h1-10H. The number of rotatable bonds is 3. The van der Waals surface area contributed by atoms with E-state index >= 15 is 0 Å². The minimum Gasteiger partial charge on any atom is -0.0605 e. The van der Waals surface area contributed by atoms with Gasteiger partial charge in [0.2, 0.25) is 0 Å². The molecule has 0 unspecified atom stereocenters. The van der Waals surface area contributed by atoms with Crippen molar-refractivity contribution < 1.29 is 0 Å². The zero-order chi connectivity index (χ0) is 13.9. The molecule has 0 saturated carbocycles. The lowest BCUT2D eigenvalue weighted by Gasteiger charge is -2.07. The van der Waals surface area contributed by atoms with Gasteiger partial charge in [-0.3, -0.25) is 0 Å².